The number of carbonyl (C=O) groups excluding carboxylic acids is 3. The molecule has 0 radical (unpaired) electrons. The molecule has 0 saturated carbocycles. The number of carbonyl (C=O) groups is 3. The highest BCUT2D eigenvalue weighted by molar-refractivity contribution is 6.22. The number of ether oxygens (including phenoxy) is 1. The highest BCUT2D eigenvalue weighted by Crippen LogP contribution is 2.51. The number of para-hydroxylation sites is 1. The molecule has 0 N–H and O–H groups in total. The zero-order valence-electron chi connectivity index (χ0n) is 15.1. The van der Waals surface area contributed by atoms with Gasteiger partial charge in [0.1, 0.15) is 5.54 Å². The number of allylic oxidation sites excluding steroid dienone is 1. The maximum atomic E-state index is 13.4. The average Bonchev–Trinajstić information content (AvgIpc) is 2.81. The monoisotopic (exact) mass is 341 g/mol. The molecule has 1 amide bonds. The zero-order valence-corrected chi connectivity index (χ0v) is 15.1. The standard InChI is InChI=1S/C20H23NO4/c1-5-25-19(24)16-10-12(2)13(3)11-20(16)18(23)15-8-6-7-9-17(15)21(20)14(4)22/h6-9,16H,5,10-11H2,1-4H3. The lowest BCUT2D eigenvalue weighted by Crippen LogP contribution is -2.61. The smallest absolute Gasteiger partial charge is 0.312 e. The van der Waals surface area contributed by atoms with Crippen molar-refractivity contribution in [1.82, 2.24) is 0 Å². The summed E-state index contributed by atoms with van der Waals surface area (Å²) in [5.41, 5.74) is 2.00. The van der Waals surface area contributed by atoms with E-state index in [2.05, 4.69) is 0 Å². The molecule has 2 aliphatic rings. The summed E-state index contributed by atoms with van der Waals surface area (Å²) in [6.45, 7) is 7.37. The number of fused-ring (bicyclic) bond motifs is 1. The van der Waals surface area contributed by atoms with Gasteiger partial charge in [0.15, 0.2) is 5.78 Å². The first-order valence-corrected chi connectivity index (χ1v) is 8.61. The Morgan fingerprint density at radius 2 is 1.92 bits per heavy atom. The van der Waals surface area contributed by atoms with E-state index in [-0.39, 0.29) is 18.3 Å². The Morgan fingerprint density at radius 1 is 1.24 bits per heavy atom. The summed E-state index contributed by atoms with van der Waals surface area (Å²) in [5.74, 6) is -1.51. The third-order valence-electron chi connectivity index (χ3n) is 5.42. The summed E-state index contributed by atoms with van der Waals surface area (Å²) in [7, 11) is 0. The van der Waals surface area contributed by atoms with Gasteiger partial charge in [0, 0.05) is 18.9 Å². The molecule has 25 heavy (non-hydrogen) atoms. The summed E-state index contributed by atoms with van der Waals surface area (Å²) in [4.78, 5) is 40.3. The summed E-state index contributed by atoms with van der Waals surface area (Å²) < 4.78 is 5.28. The van der Waals surface area contributed by atoms with E-state index in [1.165, 1.54) is 11.8 Å². The van der Waals surface area contributed by atoms with Crippen LogP contribution >= 0.6 is 0 Å². The molecular weight excluding hydrogens is 318 g/mol. The van der Waals surface area contributed by atoms with E-state index in [4.69, 9.17) is 4.74 Å². The van der Waals surface area contributed by atoms with Gasteiger partial charge in [-0.2, -0.15) is 0 Å². The third kappa shape index (κ3) is 2.41. The number of benzene rings is 1. The Hall–Kier alpha value is -2.43. The van der Waals surface area contributed by atoms with E-state index < -0.39 is 17.4 Å². The molecule has 1 heterocycles. The highest BCUT2D eigenvalue weighted by atomic mass is 16.5. The molecule has 5 heteroatoms. The van der Waals surface area contributed by atoms with Crippen LogP contribution in [0.5, 0.6) is 0 Å². The van der Waals surface area contributed by atoms with Gasteiger partial charge in [-0.1, -0.05) is 23.3 Å². The van der Waals surface area contributed by atoms with E-state index in [1.807, 2.05) is 13.8 Å². The van der Waals surface area contributed by atoms with E-state index in [0.29, 0.717) is 24.1 Å². The highest BCUT2D eigenvalue weighted by Gasteiger charge is 2.61. The number of ketones is 1. The maximum absolute atomic E-state index is 13.4. The van der Waals surface area contributed by atoms with E-state index in [9.17, 15) is 14.4 Å². The van der Waals surface area contributed by atoms with Gasteiger partial charge in [0.25, 0.3) is 0 Å². The van der Waals surface area contributed by atoms with Gasteiger partial charge in [0.05, 0.1) is 18.2 Å². The summed E-state index contributed by atoms with van der Waals surface area (Å²) in [5, 5.41) is 0. The SMILES string of the molecule is CCOC(=O)C1CC(C)=C(C)CC12C(=O)c1ccccc1N2C(C)=O. The van der Waals surface area contributed by atoms with Gasteiger partial charge in [0.2, 0.25) is 5.91 Å². The number of nitrogens with zero attached hydrogens (tertiary/aromatic N) is 1. The minimum absolute atomic E-state index is 0.164. The molecule has 0 bridgehead atoms. The lowest BCUT2D eigenvalue weighted by molar-refractivity contribution is -0.150. The molecule has 0 fully saturated rings. The topological polar surface area (TPSA) is 63.7 Å². The first-order valence-electron chi connectivity index (χ1n) is 8.61. The predicted octanol–water partition coefficient (Wildman–Crippen LogP) is 3.28. The molecule has 0 saturated heterocycles. The second kappa shape index (κ2) is 6.14. The Balaban J connectivity index is 2.24. The van der Waals surface area contributed by atoms with Crippen molar-refractivity contribution in [2.45, 2.75) is 46.1 Å². The van der Waals surface area contributed by atoms with Gasteiger partial charge < -0.3 is 4.74 Å². The fourth-order valence-corrected chi connectivity index (χ4v) is 4.18. The minimum Gasteiger partial charge on any atom is -0.466 e. The number of esters is 1. The largest absolute Gasteiger partial charge is 0.466 e. The number of amides is 1. The van der Waals surface area contributed by atoms with Crippen molar-refractivity contribution in [2.24, 2.45) is 5.92 Å². The van der Waals surface area contributed by atoms with Crippen molar-refractivity contribution < 1.29 is 19.1 Å². The molecule has 2 unspecified atom stereocenters. The lowest BCUT2D eigenvalue weighted by atomic mass is 9.68. The Kier molecular flexibility index (Phi) is 4.27. The van der Waals surface area contributed by atoms with Crippen LogP contribution in [0.2, 0.25) is 0 Å². The maximum Gasteiger partial charge on any atom is 0.312 e. The molecule has 1 aliphatic heterocycles. The molecule has 1 aromatic carbocycles. The van der Waals surface area contributed by atoms with Gasteiger partial charge in [-0.05, 0) is 39.3 Å². The van der Waals surface area contributed by atoms with Gasteiger partial charge in [-0.3, -0.25) is 19.3 Å². The van der Waals surface area contributed by atoms with Crippen molar-refractivity contribution >= 4 is 23.3 Å². The molecule has 132 valence electrons. The number of hydrogen-bond acceptors (Lipinski definition) is 4. The van der Waals surface area contributed by atoms with Crippen LogP contribution in [0, 0.1) is 5.92 Å². The van der Waals surface area contributed by atoms with Crippen LogP contribution in [-0.2, 0) is 14.3 Å². The van der Waals surface area contributed by atoms with E-state index >= 15 is 0 Å². The molecule has 1 aromatic rings. The third-order valence-corrected chi connectivity index (χ3v) is 5.42. The second-order valence-electron chi connectivity index (χ2n) is 6.87. The van der Waals surface area contributed by atoms with E-state index in [1.54, 1.807) is 31.2 Å². The molecule has 2 atom stereocenters. The fourth-order valence-electron chi connectivity index (χ4n) is 4.18. The van der Waals surface area contributed by atoms with Crippen LogP contribution in [-0.4, -0.2) is 29.8 Å². The summed E-state index contributed by atoms with van der Waals surface area (Å²) in [6, 6.07) is 7.08. The molecular formula is C20H23NO4. The van der Waals surface area contributed by atoms with Crippen LogP contribution in [0.25, 0.3) is 0 Å². The van der Waals surface area contributed by atoms with Crippen LogP contribution in [0.15, 0.2) is 35.4 Å². The minimum atomic E-state index is -1.22. The van der Waals surface area contributed by atoms with Crippen LogP contribution in [0.1, 0.15) is 50.9 Å². The molecule has 1 spiro atoms. The van der Waals surface area contributed by atoms with Gasteiger partial charge in [-0.25, -0.2) is 0 Å². The fraction of sp³-hybridized carbons (Fsp3) is 0.450. The van der Waals surface area contributed by atoms with Crippen molar-refractivity contribution in [3.63, 3.8) is 0 Å². The summed E-state index contributed by atoms with van der Waals surface area (Å²) in [6.07, 6.45) is 0.781. The Bertz CT molecular complexity index is 795. The second-order valence-corrected chi connectivity index (χ2v) is 6.87. The Morgan fingerprint density at radius 3 is 2.56 bits per heavy atom. The van der Waals surface area contributed by atoms with Crippen molar-refractivity contribution in [3.8, 4) is 0 Å². The average molecular weight is 341 g/mol. The Labute approximate surface area is 147 Å². The lowest BCUT2D eigenvalue weighted by Gasteiger charge is -2.45. The number of anilines is 1. The molecule has 5 nitrogen and oxygen atoms in total. The predicted molar refractivity (Wildman–Crippen MR) is 94.4 cm³/mol. The van der Waals surface area contributed by atoms with Crippen molar-refractivity contribution in [2.75, 3.05) is 11.5 Å². The van der Waals surface area contributed by atoms with Crippen LogP contribution < -0.4 is 4.90 Å². The molecule has 3 rings (SSSR count). The van der Waals surface area contributed by atoms with E-state index in [0.717, 1.165) is 11.1 Å². The normalized spacial score (nSPS) is 25.4. The number of hydrogen-bond donors (Lipinski definition) is 0. The van der Waals surface area contributed by atoms with Crippen LogP contribution in [0.4, 0.5) is 5.69 Å². The van der Waals surface area contributed by atoms with Gasteiger partial charge >= 0.3 is 5.97 Å². The molecule has 1 aliphatic carbocycles. The zero-order chi connectivity index (χ0) is 18.4. The number of rotatable bonds is 2. The van der Waals surface area contributed by atoms with Crippen molar-refractivity contribution in [1.29, 1.82) is 0 Å². The van der Waals surface area contributed by atoms with Gasteiger partial charge in [-0.15, -0.1) is 0 Å². The van der Waals surface area contributed by atoms with Crippen molar-refractivity contribution in [3.05, 3.63) is 41.0 Å². The molecule has 0 aromatic heterocycles. The quantitative estimate of drug-likeness (QED) is 0.612. The number of Topliss-reactive ketones (excluding diaryl/α,β-unsaturated/α-hetero) is 1. The summed E-state index contributed by atoms with van der Waals surface area (Å²) >= 11 is 0. The van der Waals surface area contributed by atoms with Crippen LogP contribution in [0.3, 0.4) is 0 Å². The first kappa shape index (κ1) is 17.4. The first-order chi connectivity index (χ1) is 11.8.